The number of phosphoric acid groups is 1. The number of carbonyl (C=O) groups is 2. The number of ether oxygens (including phenoxy) is 2. The Kier molecular flexibility index (Phi) is 45.9. The van der Waals surface area contributed by atoms with Gasteiger partial charge in [0.1, 0.15) is 6.61 Å². The van der Waals surface area contributed by atoms with Gasteiger partial charge in [0, 0.05) is 12.8 Å². The minimum atomic E-state index is -4.76. The molecule has 0 rings (SSSR count). The van der Waals surface area contributed by atoms with Gasteiger partial charge in [-0.25, -0.2) is 4.57 Å². The highest BCUT2D eigenvalue weighted by molar-refractivity contribution is 7.46. The molecule has 0 aliphatic rings. The first-order chi connectivity index (χ1) is 29.8. The lowest BCUT2D eigenvalue weighted by Gasteiger charge is -2.18. The summed E-state index contributed by atoms with van der Waals surface area (Å²) in [5.74, 6) is -0.891. The predicted molar refractivity (Wildman–Crippen MR) is 258 cm³/mol. The van der Waals surface area contributed by atoms with Crippen LogP contribution >= 0.6 is 7.82 Å². The van der Waals surface area contributed by atoms with Crippen molar-refractivity contribution in [1.29, 1.82) is 0 Å². The molecule has 0 fully saturated rings. The molecule has 0 aromatic heterocycles. The number of hydrogen-bond acceptors (Lipinski definition) is 6. The molecule has 356 valence electrons. The Labute approximate surface area is 375 Å². The van der Waals surface area contributed by atoms with Crippen molar-refractivity contribution in [2.75, 3.05) is 13.2 Å². The summed E-state index contributed by atoms with van der Waals surface area (Å²) in [5.41, 5.74) is 0. The molecule has 0 heterocycles. The summed E-state index contributed by atoms with van der Waals surface area (Å²) in [6.07, 6.45) is 59.9. The quantitative estimate of drug-likeness (QED) is 0.0268. The maximum absolute atomic E-state index is 12.5. The van der Waals surface area contributed by atoms with Gasteiger partial charge < -0.3 is 19.3 Å². The zero-order valence-corrected chi connectivity index (χ0v) is 40.5. The number of esters is 2. The van der Waals surface area contributed by atoms with E-state index < -0.39 is 32.5 Å². The summed E-state index contributed by atoms with van der Waals surface area (Å²) in [7, 11) is -4.76. The Hall–Kier alpha value is -1.99. The summed E-state index contributed by atoms with van der Waals surface area (Å²) >= 11 is 0. The van der Waals surface area contributed by atoms with E-state index in [4.69, 9.17) is 19.3 Å². The molecule has 8 nitrogen and oxygen atoms in total. The van der Waals surface area contributed by atoms with Crippen LogP contribution in [-0.2, 0) is 28.2 Å². The minimum Gasteiger partial charge on any atom is -0.462 e. The zero-order chi connectivity index (χ0) is 44.6. The number of allylic oxidation sites excluding steroid dienone is 8. The van der Waals surface area contributed by atoms with Crippen molar-refractivity contribution in [3.63, 3.8) is 0 Å². The average Bonchev–Trinajstić information content (AvgIpc) is 3.23. The normalized spacial score (nSPS) is 12.8. The summed E-state index contributed by atoms with van der Waals surface area (Å²) in [5, 5.41) is 0. The van der Waals surface area contributed by atoms with E-state index >= 15 is 0 Å². The topological polar surface area (TPSA) is 119 Å². The standard InChI is InChI=1S/C52H95O8P/c1-3-5-7-9-11-13-15-17-19-21-23-24-25-26-27-29-30-32-34-36-38-40-42-44-46-51(53)58-48-50(49-59-61(55,56)57)60-52(54)47-45-43-41-39-37-35-33-31-28-22-20-18-16-14-12-10-8-6-4-2/h6,8,12,14,18,20,28,31,50H,3-5,7,9-11,13,15-17,19,21-27,29-30,32-49H2,1-2H3,(H2,55,56,57)/b8-6-,14-12-,20-18-,31-28-. The van der Waals surface area contributed by atoms with Gasteiger partial charge in [-0.05, 0) is 51.4 Å². The number of unbranched alkanes of at least 4 members (excludes halogenated alkanes) is 29. The Balaban J connectivity index is 3.80. The molecule has 1 atom stereocenters. The van der Waals surface area contributed by atoms with Crippen LogP contribution in [0.5, 0.6) is 0 Å². The summed E-state index contributed by atoms with van der Waals surface area (Å²) in [6.45, 7) is 3.60. The van der Waals surface area contributed by atoms with Gasteiger partial charge in [-0.1, -0.05) is 236 Å². The predicted octanol–water partition coefficient (Wildman–Crippen LogP) is 16.2. The van der Waals surface area contributed by atoms with E-state index in [-0.39, 0.29) is 19.4 Å². The molecule has 1 unspecified atom stereocenters. The highest BCUT2D eigenvalue weighted by Gasteiger charge is 2.23. The van der Waals surface area contributed by atoms with E-state index in [1.54, 1.807) is 0 Å². The number of phosphoric ester groups is 1. The average molecular weight is 879 g/mol. The number of hydrogen-bond donors (Lipinski definition) is 2. The smallest absolute Gasteiger partial charge is 0.462 e. The van der Waals surface area contributed by atoms with Crippen molar-refractivity contribution >= 4 is 19.8 Å². The lowest BCUT2D eigenvalue weighted by atomic mass is 10.0. The first-order valence-electron chi connectivity index (χ1n) is 25.4. The van der Waals surface area contributed by atoms with Gasteiger partial charge in [0.05, 0.1) is 6.61 Å². The molecular weight excluding hydrogens is 784 g/mol. The van der Waals surface area contributed by atoms with E-state index in [1.807, 2.05) is 0 Å². The summed E-state index contributed by atoms with van der Waals surface area (Å²) in [4.78, 5) is 43.1. The Morgan fingerprint density at radius 1 is 0.443 bits per heavy atom. The van der Waals surface area contributed by atoms with Gasteiger partial charge in [-0.2, -0.15) is 0 Å². The molecule has 0 spiro atoms. The van der Waals surface area contributed by atoms with Gasteiger partial charge in [0.25, 0.3) is 0 Å². The summed E-state index contributed by atoms with van der Waals surface area (Å²) in [6, 6.07) is 0. The first kappa shape index (κ1) is 59.0. The van der Waals surface area contributed by atoms with Crippen LogP contribution < -0.4 is 0 Å². The number of rotatable bonds is 47. The van der Waals surface area contributed by atoms with Crippen molar-refractivity contribution in [1.82, 2.24) is 0 Å². The van der Waals surface area contributed by atoms with Crippen molar-refractivity contribution in [3.8, 4) is 0 Å². The third kappa shape index (κ3) is 50.5. The van der Waals surface area contributed by atoms with Crippen LogP contribution in [-0.4, -0.2) is 41.0 Å². The van der Waals surface area contributed by atoms with Gasteiger partial charge in [0.2, 0.25) is 0 Å². The van der Waals surface area contributed by atoms with Gasteiger partial charge >= 0.3 is 19.8 Å². The van der Waals surface area contributed by atoms with E-state index in [1.165, 1.54) is 135 Å². The SMILES string of the molecule is CC/C=C\C/C=C\C/C=C\C/C=C\CCCCCCCCC(=O)OC(COC(=O)CCCCCCCCCCCCCCCCCCCCCCCCCC)COP(=O)(O)O. The Morgan fingerprint density at radius 2 is 0.787 bits per heavy atom. The second kappa shape index (κ2) is 47.5. The van der Waals surface area contributed by atoms with E-state index in [0.717, 1.165) is 83.5 Å². The lowest BCUT2D eigenvalue weighted by Crippen LogP contribution is -2.29. The highest BCUT2D eigenvalue weighted by Crippen LogP contribution is 2.36. The van der Waals surface area contributed by atoms with Gasteiger partial charge in [-0.15, -0.1) is 0 Å². The molecule has 0 radical (unpaired) electrons. The van der Waals surface area contributed by atoms with Crippen LogP contribution in [0, 0.1) is 0 Å². The monoisotopic (exact) mass is 879 g/mol. The second-order valence-corrected chi connectivity index (χ2v) is 18.4. The van der Waals surface area contributed by atoms with E-state index in [0.29, 0.717) is 6.42 Å². The minimum absolute atomic E-state index is 0.196. The number of carbonyl (C=O) groups excluding carboxylic acids is 2. The van der Waals surface area contributed by atoms with Crippen molar-refractivity contribution in [2.45, 2.75) is 258 Å². The molecule has 0 aromatic carbocycles. The van der Waals surface area contributed by atoms with E-state index in [2.05, 4.69) is 67.0 Å². The lowest BCUT2D eigenvalue weighted by molar-refractivity contribution is -0.161. The van der Waals surface area contributed by atoms with Crippen LogP contribution in [0.25, 0.3) is 0 Å². The highest BCUT2D eigenvalue weighted by atomic mass is 31.2. The molecule has 9 heteroatoms. The fourth-order valence-electron chi connectivity index (χ4n) is 7.37. The van der Waals surface area contributed by atoms with E-state index in [9.17, 15) is 14.2 Å². The molecule has 0 saturated heterocycles. The van der Waals surface area contributed by atoms with Crippen LogP contribution in [0.4, 0.5) is 0 Å². The molecule has 0 saturated carbocycles. The Morgan fingerprint density at radius 3 is 1.18 bits per heavy atom. The second-order valence-electron chi connectivity index (χ2n) is 17.1. The first-order valence-corrected chi connectivity index (χ1v) is 27.0. The van der Waals surface area contributed by atoms with Crippen LogP contribution in [0.15, 0.2) is 48.6 Å². The molecule has 0 aromatic rings. The van der Waals surface area contributed by atoms with Gasteiger partial charge in [0.15, 0.2) is 6.10 Å². The third-order valence-corrected chi connectivity index (χ3v) is 11.6. The van der Waals surface area contributed by atoms with Crippen LogP contribution in [0.3, 0.4) is 0 Å². The molecule has 0 amide bonds. The van der Waals surface area contributed by atoms with Gasteiger partial charge in [-0.3, -0.25) is 14.1 Å². The molecule has 2 N–H and O–H groups in total. The molecule has 0 aliphatic carbocycles. The fourth-order valence-corrected chi connectivity index (χ4v) is 7.73. The molecular formula is C52H95O8P. The zero-order valence-electron chi connectivity index (χ0n) is 39.6. The molecule has 61 heavy (non-hydrogen) atoms. The molecule has 0 aliphatic heterocycles. The van der Waals surface area contributed by atoms with Crippen LogP contribution in [0.2, 0.25) is 0 Å². The fraction of sp³-hybridized carbons (Fsp3) is 0.808. The summed E-state index contributed by atoms with van der Waals surface area (Å²) < 4.78 is 26.5. The van der Waals surface area contributed by atoms with Crippen LogP contribution in [0.1, 0.15) is 251 Å². The molecule has 0 bridgehead atoms. The maximum Gasteiger partial charge on any atom is 0.469 e. The third-order valence-electron chi connectivity index (χ3n) is 11.1. The Bertz CT molecular complexity index is 1130. The van der Waals surface area contributed by atoms with Crippen molar-refractivity contribution in [2.24, 2.45) is 0 Å². The maximum atomic E-state index is 12.5. The van der Waals surface area contributed by atoms with Crippen molar-refractivity contribution < 1.29 is 37.9 Å². The van der Waals surface area contributed by atoms with Crippen molar-refractivity contribution in [3.05, 3.63) is 48.6 Å². The largest absolute Gasteiger partial charge is 0.469 e.